The summed E-state index contributed by atoms with van der Waals surface area (Å²) in [7, 11) is 1.00. The number of hydrogen-bond donors (Lipinski definition) is 15. The Bertz CT molecular complexity index is 3700. The maximum absolute atomic E-state index is 11.1. The number of nitrogens with zero attached hydrogens (tertiary/aromatic N) is 6. The van der Waals surface area contributed by atoms with Crippen molar-refractivity contribution >= 4 is 44.6 Å². The van der Waals surface area contributed by atoms with Crippen molar-refractivity contribution in [3.8, 4) is 80.5 Å². The van der Waals surface area contributed by atoms with Gasteiger partial charge in [-0.3, -0.25) is 0 Å². The zero-order chi connectivity index (χ0) is 63.7. The van der Waals surface area contributed by atoms with Crippen molar-refractivity contribution in [1.82, 2.24) is 9.97 Å². The molecule has 10 aromatic rings. The van der Waals surface area contributed by atoms with Gasteiger partial charge in [0.25, 0.3) is 0 Å². The second-order valence-corrected chi connectivity index (χ2v) is 20.3. The molecule has 11 rings (SSSR count). The van der Waals surface area contributed by atoms with Gasteiger partial charge < -0.3 is 76.6 Å². The molecule has 8 bridgehead atoms. The summed E-state index contributed by atoms with van der Waals surface area (Å²) in [6.07, 6.45) is 3.88. The standard InChI is InChI=1S/C36H40O12.2C15H11N3O.CH4O/c1-5-13-17-9-19(27(39)33(45)25(17)37)14(6-2)21-11-23(31(43)35(47)29(21)41)16(8-4)24-12-22(30(42)36(48)32(24)44)15(7-3)20-10-18(13)26(38)34(46)28(20)40;2*19-13-9-8-11-5-1-2-6-12(11)15(13)18-17-14-7-3-4-10-16-14;1-2/h9-16,37-48H,5-8H2,1-4H3;2*1-10,19H;2H,1H3. The summed E-state index contributed by atoms with van der Waals surface area (Å²) in [5.74, 6) is -12.1. The van der Waals surface area contributed by atoms with Crippen molar-refractivity contribution in [2.24, 2.45) is 20.5 Å². The quantitative estimate of drug-likeness (QED) is 0.0496. The van der Waals surface area contributed by atoms with Crippen LogP contribution in [0, 0.1) is 0 Å². The number of aromatic hydroxyl groups is 14. The van der Waals surface area contributed by atoms with Gasteiger partial charge in [-0.25, -0.2) is 9.97 Å². The molecule has 0 amide bonds. The molecule has 0 spiro atoms. The van der Waals surface area contributed by atoms with Gasteiger partial charge in [0.2, 0.25) is 23.0 Å². The summed E-state index contributed by atoms with van der Waals surface area (Å²) in [5.41, 5.74) is 0.992. The number of aliphatic hydroxyl groups is 1. The molecular formula is C67H66N6O15. The lowest BCUT2D eigenvalue weighted by Gasteiger charge is -2.29. The van der Waals surface area contributed by atoms with Gasteiger partial charge in [0.05, 0.1) is 0 Å². The van der Waals surface area contributed by atoms with Gasteiger partial charge in [-0.15, -0.1) is 20.5 Å². The Morgan fingerprint density at radius 2 is 0.545 bits per heavy atom. The van der Waals surface area contributed by atoms with E-state index in [1.54, 1.807) is 64.4 Å². The van der Waals surface area contributed by atoms with Crippen LogP contribution < -0.4 is 0 Å². The first-order valence-corrected chi connectivity index (χ1v) is 28.0. The lowest BCUT2D eigenvalue weighted by Crippen LogP contribution is -2.10. The molecule has 0 fully saturated rings. The highest BCUT2D eigenvalue weighted by Crippen LogP contribution is 2.58. The maximum Gasteiger partial charge on any atom is 0.200 e. The molecule has 1 aliphatic rings. The van der Waals surface area contributed by atoms with E-state index in [0.29, 0.717) is 23.0 Å². The van der Waals surface area contributed by atoms with E-state index in [1.807, 2.05) is 84.9 Å². The van der Waals surface area contributed by atoms with E-state index in [4.69, 9.17) is 5.11 Å². The normalized spacial score (nSPS) is 15.2. The van der Waals surface area contributed by atoms with Gasteiger partial charge in [0.15, 0.2) is 57.6 Å². The van der Waals surface area contributed by atoms with Crippen LogP contribution in [0.4, 0.5) is 23.0 Å². The van der Waals surface area contributed by atoms with Crippen LogP contribution in [0.5, 0.6) is 80.5 Å². The van der Waals surface area contributed by atoms with Crippen LogP contribution in [-0.4, -0.2) is 93.7 Å². The molecule has 21 nitrogen and oxygen atoms in total. The fourth-order valence-electron chi connectivity index (χ4n) is 11.0. The molecule has 2 aromatic heterocycles. The van der Waals surface area contributed by atoms with Crippen LogP contribution in [0.1, 0.15) is 122 Å². The second-order valence-electron chi connectivity index (χ2n) is 20.3. The number of benzene rings is 8. The number of pyridine rings is 2. The van der Waals surface area contributed by atoms with Crippen molar-refractivity contribution in [2.45, 2.75) is 77.0 Å². The first-order chi connectivity index (χ1) is 42.3. The van der Waals surface area contributed by atoms with Crippen LogP contribution in [0.25, 0.3) is 21.5 Å². The van der Waals surface area contributed by atoms with E-state index in [0.717, 1.165) is 28.7 Å². The highest BCUT2D eigenvalue weighted by atomic mass is 16.3. The molecule has 0 radical (unpaired) electrons. The summed E-state index contributed by atoms with van der Waals surface area (Å²) < 4.78 is 0. The molecule has 0 saturated heterocycles. The van der Waals surface area contributed by atoms with Crippen LogP contribution in [0.15, 0.2) is 166 Å². The molecule has 0 unspecified atom stereocenters. The molecule has 0 saturated carbocycles. The monoisotopic (exact) mass is 1190 g/mol. The van der Waals surface area contributed by atoms with Crippen LogP contribution in [0.3, 0.4) is 0 Å². The number of phenolic OH excluding ortho intramolecular Hbond substituents is 14. The van der Waals surface area contributed by atoms with Crippen molar-refractivity contribution in [3.05, 3.63) is 190 Å². The van der Waals surface area contributed by atoms with E-state index < -0.39 is 92.7 Å². The maximum atomic E-state index is 11.1. The van der Waals surface area contributed by atoms with Gasteiger partial charge in [-0.2, -0.15) is 0 Å². The number of azo groups is 2. The van der Waals surface area contributed by atoms with Gasteiger partial charge in [0, 0.05) is 98.5 Å². The van der Waals surface area contributed by atoms with Crippen molar-refractivity contribution in [2.75, 3.05) is 7.11 Å². The lowest BCUT2D eigenvalue weighted by molar-refractivity contribution is 0.349. The second kappa shape index (κ2) is 27.3. The SMILES string of the molecule is CCC1c2cc(c(O)c(O)c2O)C(CC)c2cc(c(O)c(O)c2O)C(CC)c2cc(c(O)c(O)c2O)C(CC)c2cc1c(O)c(O)c2O.CO.Oc1ccc2ccccc2c1N=Nc1ccccn1.Oc1ccc2ccccc2c1N=Nc1ccccn1. The third-order valence-electron chi connectivity index (χ3n) is 15.4. The molecule has 0 aliphatic heterocycles. The summed E-state index contributed by atoms with van der Waals surface area (Å²) in [4.78, 5) is 8.12. The van der Waals surface area contributed by atoms with E-state index in [1.165, 1.54) is 24.3 Å². The molecular weight excluding hydrogens is 1130 g/mol. The Balaban J connectivity index is 0.000000203. The highest BCUT2D eigenvalue weighted by molar-refractivity contribution is 5.96. The molecule has 0 atom stereocenters. The third kappa shape index (κ3) is 12.2. The summed E-state index contributed by atoms with van der Waals surface area (Å²) in [6, 6.07) is 38.7. The van der Waals surface area contributed by atoms with Crippen molar-refractivity contribution in [1.29, 1.82) is 0 Å². The zero-order valence-electron chi connectivity index (χ0n) is 48.4. The third-order valence-corrected chi connectivity index (χ3v) is 15.4. The van der Waals surface area contributed by atoms with Gasteiger partial charge >= 0.3 is 0 Å². The number of aromatic nitrogens is 2. The van der Waals surface area contributed by atoms with E-state index >= 15 is 0 Å². The van der Waals surface area contributed by atoms with E-state index in [9.17, 15) is 71.5 Å². The summed E-state index contributed by atoms with van der Waals surface area (Å²) in [5, 5.41) is 180. The molecule has 454 valence electrons. The molecule has 8 aromatic carbocycles. The van der Waals surface area contributed by atoms with Gasteiger partial charge in [0.1, 0.15) is 22.9 Å². The minimum atomic E-state index is -0.984. The van der Waals surface area contributed by atoms with Gasteiger partial charge in [-0.1, -0.05) is 100 Å². The van der Waals surface area contributed by atoms with Crippen molar-refractivity contribution in [3.63, 3.8) is 0 Å². The van der Waals surface area contributed by atoms with Crippen molar-refractivity contribution < 1.29 is 76.6 Å². The number of fused-ring (bicyclic) bond motifs is 10. The fourth-order valence-corrected chi connectivity index (χ4v) is 11.0. The highest BCUT2D eigenvalue weighted by Gasteiger charge is 2.36. The predicted molar refractivity (Wildman–Crippen MR) is 330 cm³/mol. The van der Waals surface area contributed by atoms with E-state index in [-0.39, 0.29) is 81.7 Å². The van der Waals surface area contributed by atoms with E-state index in [2.05, 4.69) is 30.4 Å². The minimum absolute atomic E-state index is 0.00860. The fraction of sp³-hybridized carbons (Fsp3) is 0.194. The minimum Gasteiger partial charge on any atom is -0.506 e. The summed E-state index contributed by atoms with van der Waals surface area (Å²) >= 11 is 0. The number of phenols is 14. The van der Waals surface area contributed by atoms with Crippen LogP contribution in [-0.2, 0) is 0 Å². The average molecular weight is 1200 g/mol. The average Bonchev–Trinajstić information content (AvgIpc) is 1.05. The Labute approximate surface area is 504 Å². The number of rotatable bonds is 8. The molecule has 2 heterocycles. The first kappa shape index (κ1) is 63.0. The Hall–Kier alpha value is -11.1. The summed E-state index contributed by atoms with van der Waals surface area (Å²) in [6.45, 7) is 6.78. The molecule has 15 N–H and O–H groups in total. The molecule has 1 aliphatic carbocycles. The Morgan fingerprint density at radius 3 is 0.784 bits per heavy atom. The zero-order valence-corrected chi connectivity index (χ0v) is 48.4. The number of aliphatic hydroxyl groups excluding tert-OH is 1. The lowest BCUT2D eigenvalue weighted by atomic mass is 9.77. The number of hydrogen-bond acceptors (Lipinski definition) is 21. The molecule has 88 heavy (non-hydrogen) atoms. The van der Waals surface area contributed by atoms with Gasteiger partial charge in [-0.05, 0) is 97.1 Å². The van der Waals surface area contributed by atoms with Crippen LogP contribution >= 0.6 is 0 Å². The first-order valence-electron chi connectivity index (χ1n) is 28.0. The topological polar surface area (TPSA) is 379 Å². The molecule has 21 heteroatoms. The smallest absolute Gasteiger partial charge is 0.200 e. The Morgan fingerprint density at radius 1 is 0.295 bits per heavy atom. The van der Waals surface area contributed by atoms with Crippen LogP contribution in [0.2, 0.25) is 0 Å². The largest absolute Gasteiger partial charge is 0.506 e. The predicted octanol–water partition coefficient (Wildman–Crippen LogP) is 15.0. The Kier molecular flexibility index (Phi) is 19.6.